The van der Waals surface area contributed by atoms with Gasteiger partial charge in [0.25, 0.3) is 0 Å². The minimum atomic E-state index is -1.62. The van der Waals surface area contributed by atoms with E-state index in [0.717, 1.165) is 24.0 Å². The van der Waals surface area contributed by atoms with Crippen LogP contribution >= 0.6 is 0 Å². The molecule has 0 radical (unpaired) electrons. The highest BCUT2D eigenvalue weighted by Crippen LogP contribution is 2.70. The minimum absolute atomic E-state index is 0.0328. The molecule has 1 aromatic rings. The second-order valence-electron chi connectivity index (χ2n) is 19.6. The summed E-state index contributed by atoms with van der Waals surface area (Å²) in [5.41, 5.74) is -1.20. The summed E-state index contributed by atoms with van der Waals surface area (Å²) in [5, 5.41) is 24.1. The number of aliphatic hydroxyl groups excluding tert-OH is 1. The second kappa shape index (κ2) is 16.8. The molecular formula is C48H68O11. The van der Waals surface area contributed by atoms with Gasteiger partial charge in [-0.1, -0.05) is 70.0 Å². The third kappa shape index (κ3) is 8.00. The number of carbonyl (C=O) groups excluding carboxylic acids is 3. The summed E-state index contributed by atoms with van der Waals surface area (Å²) in [5.74, 6) is -3.27. The van der Waals surface area contributed by atoms with Crippen LogP contribution in [0.25, 0.3) is 0 Å². The molecule has 2 aliphatic heterocycles. The van der Waals surface area contributed by atoms with Crippen LogP contribution in [-0.2, 0) is 38.0 Å². The number of hydrogen-bond acceptors (Lipinski definition) is 11. The van der Waals surface area contributed by atoms with Gasteiger partial charge in [0.05, 0.1) is 41.3 Å². The first-order valence-corrected chi connectivity index (χ1v) is 21.6. The number of benzene rings is 1. The molecule has 0 spiro atoms. The van der Waals surface area contributed by atoms with Crippen LogP contribution in [0.2, 0.25) is 0 Å². The van der Waals surface area contributed by atoms with Crippen molar-refractivity contribution in [3.05, 3.63) is 70.3 Å². The number of rotatable bonds is 13. The van der Waals surface area contributed by atoms with E-state index in [9.17, 15) is 24.6 Å². The molecule has 59 heavy (non-hydrogen) atoms. The van der Waals surface area contributed by atoms with Crippen molar-refractivity contribution in [2.75, 3.05) is 6.61 Å². The van der Waals surface area contributed by atoms with Gasteiger partial charge in [-0.25, -0.2) is 9.59 Å². The summed E-state index contributed by atoms with van der Waals surface area (Å²) in [6.45, 7) is 23.0. The van der Waals surface area contributed by atoms with Crippen LogP contribution in [0.3, 0.4) is 0 Å². The molecule has 0 bridgehead atoms. The second-order valence-corrected chi connectivity index (χ2v) is 19.6. The molecule has 326 valence electrons. The van der Waals surface area contributed by atoms with Crippen molar-refractivity contribution in [1.82, 2.24) is 0 Å². The fraction of sp³-hybridized carbons (Fsp3) is 0.688. The molecule has 1 aromatic carbocycles. The molecule has 13 atom stereocenters. The molecule has 4 fully saturated rings. The van der Waals surface area contributed by atoms with Crippen LogP contribution < -0.4 is 0 Å². The van der Waals surface area contributed by atoms with E-state index in [1.165, 1.54) is 12.5 Å². The van der Waals surface area contributed by atoms with Gasteiger partial charge in [-0.15, -0.1) is 0 Å². The van der Waals surface area contributed by atoms with Crippen molar-refractivity contribution >= 4 is 17.9 Å². The quantitative estimate of drug-likeness (QED) is 0.114. The Morgan fingerprint density at radius 2 is 1.69 bits per heavy atom. The first-order valence-electron chi connectivity index (χ1n) is 21.6. The van der Waals surface area contributed by atoms with E-state index in [0.29, 0.717) is 24.0 Å². The lowest BCUT2D eigenvalue weighted by molar-refractivity contribution is -0.391. The van der Waals surface area contributed by atoms with E-state index < -0.39 is 94.7 Å². The molecule has 0 amide bonds. The van der Waals surface area contributed by atoms with Crippen molar-refractivity contribution in [2.45, 2.75) is 169 Å². The van der Waals surface area contributed by atoms with E-state index in [1.807, 2.05) is 39.8 Å². The molecule has 2 saturated carbocycles. The predicted octanol–water partition coefficient (Wildman–Crippen LogP) is 7.82. The Morgan fingerprint density at radius 3 is 2.27 bits per heavy atom. The van der Waals surface area contributed by atoms with Gasteiger partial charge in [0.15, 0.2) is 18.0 Å². The maximum Gasteiger partial charge on any atom is 0.338 e. The zero-order valence-corrected chi connectivity index (χ0v) is 37.2. The summed E-state index contributed by atoms with van der Waals surface area (Å²) in [6, 6.07) is 8.67. The SMILES string of the molecule is CC(=O)O[C@@]12CO[C@@H]1C[C@@H]1O[C@H](C=C(C)CCC=C(C)C)O[C@H]3[C@@H](C)C4=C(C)[C@@H](OC(=O)[C@H](O)[C@@H](C)CC(C)C)C[C@@]4(C(C)(C)O)[C@@H](OC(=O)c4ccccc4)[C@H]2[C@@]13C. The van der Waals surface area contributed by atoms with E-state index in [2.05, 4.69) is 40.7 Å². The number of aliphatic hydroxyl groups is 2. The number of hydrogen-bond donors (Lipinski definition) is 2. The number of esters is 3. The average molecular weight is 821 g/mol. The number of allylic oxidation sites excluding steroid dienone is 3. The van der Waals surface area contributed by atoms with E-state index in [4.69, 9.17) is 28.4 Å². The molecule has 2 saturated heterocycles. The van der Waals surface area contributed by atoms with E-state index in [1.54, 1.807) is 38.1 Å². The summed E-state index contributed by atoms with van der Waals surface area (Å²) in [4.78, 5) is 41.6. The van der Waals surface area contributed by atoms with Crippen LogP contribution in [0.4, 0.5) is 0 Å². The van der Waals surface area contributed by atoms with Gasteiger partial charge in [0.2, 0.25) is 0 Å². The van der Waals surface area contributed by atoms with Gasteiger partial charge in [-0.2, -0.15) is 0 Å². The van der Waals surface area contributed by atoms with Crippen molar-refractivity contribution in [1.29, 1.82) is 0 Å². The summed E-state index contributed by atoms with van der Waals surface area (Å²) >= 11 is 0. The predicted molar refractivity (Wildman–Crippen MR) is 222 cm³/mol. The smallest absolute Gasteiger partial charge is 0.338 e. The molecule has 6 rings (SSSR count). The van der Waals surface area contributed by atoms with Crippen LogP contribution in [0.15, 0.2) is 64.8 Å². The molecule has 5 aliphatic rings. The molecule has 3 aliphatic carbocycles. The first kappa shape index (κ1) is 45.2. The highest BCUT2D eigenvalue weighted by molar-refractivity contribution is 5.89. The molecule has 2 heterocycles. The van der Waals surface area contributed by atoms with E-state index >= 15 is 0 Å². The van der Waals surface area contributed by atoms with Crippen molar-refractivity contribution < 1.29 is 53.0 Å². The molecular weight excluding hydrogens is 753 g/mol. The molecule has 2 N–H and O–H groups in total. The first-order chi connectivity index (χ1) is 27.6. The lowest BCUT2D eigenvalue weighted by Gasteiger charge is -2.67. The molecule has 0 aromatic heterocycles. The Hall–Kier alpha value is -3.35. The Balaban J connectivity index is 1.57. The third-order valence-corrected chi connectivity index (χ3v) is 14.2. The summed E-state index contributed by atoms with van der Waals surface area (Å²) in [6.07, 6.45) is 1.08. The lowest BCUT2D eigenvalue weighted by Crippen LogP contribution is -2.80. The Morgan fingerprint density at radius 1 is 1.02 bits per heavy atom. The van der Waals surface area contributed by atoms with Gasteiger partial charge in [0.1, 0.15) is 18.3 Å². The van der Waals surface area contributed by atoms with Gasteiger partial charge in [0, 0.05) is 31.1 Å². The summed E-state index contributed by atoms with van der Waals surface area (Å²) < 4.78 is 40.0. The topological polar surface area (TPSA) is 147 Å². The third-order valence-electron chi connectivity index (χ3n) is 14.2. The van der Waals surface area contributed by atoms with Crippen molar-refractivity contribution in [3.63, 3.8) is 0 Å². The maximum absolute atomic E-state index is 14.6. The van der Waals surface area contributed by atoms with Crippen LogP contribution in [0.5, 0.6) is 0 Å². The molecule has 0 unspecified atom stereocenters. The largest absolute Gasteiger partial charge is 0.457 e. The monoisotopic (exact) mass is 820 g/mol. The fourth-order valence-corrected chi connectivity index (χ4v) is 11.6. The molecule has 11 heteroatoms. The van der Waals surface area contributed by atoms with Crippen molar-refractivity contribution in [2.24, 2.45) is 34.5 Å². The van der Waals surface area contributed by atoms with Gasteiger partial charge < -0.3 is 38.6 Å². The van der Waals surface area contributed by atoms with Crippen LogP contribution in [0.1, 0.15) is 126 Å². The average Bonchev–Trinajstić information content (AvgIpc) is 3.41. The van der Waals surface area contributed by atoms with Gasteiger partial charge in [-0.3, -0.25) is 4.79 Å². The lowest BCUT2D eigenvalue weighted by atomic mass is 9.49. The highest BCUT2D eigenvalue weighted by Gasteiger charge is 2.80. The fourth-order valence-electron chi connectivity index (χ4n) is 11.6. The zero-order valence-electron chi connectivity index (χ0n) is 37.2. The van der Waals surface area contributed by atoms with Gasteiger partial charge in [-0.05, 0) is 102 Å². The zero-order chi connectivity index (χ0) is 43.4. The number of fused-ring (bicyclic) bond motifs is 3. The Labute approximate surface area is 350 Å². The maximum atomic E-state index is 14.6. The van der Waals surface area contributed by atoms with E-state index in [-0.39, 0.29) is 24.9 Å². The normalized spacial score (nSPS) is 36.2. The van der Waals surface area contributed by atoms with Crippen molar-refractivity contribution in [3.8, 4) is 0 Å². The highest BCUT2D eigenvalue weighted by atomic mass is 16.7. The van der Waals surface area contributed by atoms with Gasteiger partial charge >= 0.3 is 17.9 Å². The Kier molecular flexibility index (Phi) is 12.9. The molecule has 11 nitrogen and oxygen atoms in total. The summed E-state index contributed by atoms with van der Waals surface area (Å²) in [7, 11) is 0. The minimum Gasteiger partial charge on any atom is -0.457 e. The van der Waals surface area contributed by atoms with Crippen LogP contribution in [-0.4, -0.2) is 88.8 Å². The number of carbonyl (C=O) groups is 3. The Bertz CT molecular complexity index is 1840. The van der Waals surface area contributed by atoms with Crippen LogP contribution in [0, 0.1) is 34.5 Å². The standard InChI is InChI=1S/C48H68O11/c1-26(2)17-16-18-28(5)22-37-56-35-23-36-48(25-54-36,59-32(9)49)40-42(58-43(51)33-19-14-13-15-20-33)47(45(10,11)53)24-34(55-44(52)39(50)29(6)21-27(3)4)30(7)38(47)31(8)41(57-37)46(35,40)12/h13-15,17,19-20,22,27,29,31,34-37,39-42,50,53H,16,18,21,23-25H2,1-12H3/t29-,31-,34-,35-,36+,37-,39+,40-,41-,42-,46+,47-,48-/m0/s1. The number of ether oxygens (including phenoxy) is 6.